The molecule has 0 aliphatic carbocycles. The molecule has 10 heteroatoms. The van der Waals surface area contributed by atoms with Crippen molar-refractivity contribution in [3.8, 4) is 0 Å². The lowest BCUT2D eigenvalue weighted by Crippen LogP contribution is -2.71. The Kier molecular flexibility index (Phi) is 7.48. The zero-order chi connectivity index (χ0) is 24.4. The van der Waals surface area contributed by atoms with Gasteiger partial charge in [0, 0.05) is 23.8 Å². The van der Waals surface area contributed by atoms with Gasteiger partial charge in [0.1, 0.15) is 23.3 Å². The van der Waals surface area contributed by atoms with Gasteiger partial charge in [-0.1, -0.05) is 18.2 Å². The number of carbonyl (C=O) groups excluding carboxylic acids is 3. The highest BCUT2D eigenvalue weighted by Gasteiger charge is 2.65. The summed E-state index contributed by atoms with van der Waals surface area (Å²) in [5.41, 5.74) is 0.649. The number of fused-ring (bicyclic) bond motifs is 1. The second-order valence-electron chi connectivity index (χ2n) is 8.46. The van der Waals surface area contributed by atoms with E-state index in [1.165, 1.54) is 42.5 Å². The molecular weight excluding hydrogens is 464 g/mol. The molecule has 33 heavy (non-hydrogen) atoms. The van der Waals surface area contributed by atoms with Gasteiger partial charge in [-0.3, -0.25) is 14.5 Å². The van der Waals surface area contributed by atoms with E-state index in [0.29, 0.717) is 17.2 Å². The van der Waals surface area contributed by atoms with E-state index < -0.39 is 27.8 Å². The average molecular weight is 493 g/mol. The van der Waals surface area contributed by atoms with Crippen LogP contribution < -0.4 is 0 Å². The molecule has 3 rings (SSSR count). The van der Waals surface area contributed by atoms with Gasteiger partial charge in [0.15, 0.2) is 0 Å². The molecule has 2 heterocycles. The highest BCUT2D eigenvalue weighted by molar-refractivity contribution is 8.05. The summed E-state index contributed by atoms with van der Waals surface area (Å²) in [4.78, 5) is 43.1. The lowest BCUT2D eigenvalue weighted by atomic mass is 10.0. The van der Waals surface area contributed by atoms with Crippen LogP contribution in [-0.2, 0) is 28.6 Å². The van der Waals surface area contributed by atoms with Crippen molar-refractivity contribution in [3.63, 3.8) is 0 Å². The molecule has 0 spiro atoms. The predicted octanol–water partition coefficient (Wildman–Crippen LogP) is 3.21. The third kappa shape index (κ3) is 5.06. The van der Waals surface area contributed by atoms with Crippen LogP contribution in [0, 0.1) is 0 Å². The number of amides is 1. The van der Waals surface area contributed by atoms with Gasteiger partial charge in [-0.25, -0.2) is 9.79 Å². The summed E-state index contributed by atoms with van der Waals surface area (Å²) in [6.45, 7) is 6.48. The molecule has 0 bridgehead atoms. The van der Waals surface area contributed by atoms with Gasteiger partial charge in [-0.2, -0.15) is 0 Å². The Morgan fingerprint density at radius 2 is 1.94 bits per heavy atom. The topological polar surface area (TPSA) is 94.5 Å². The fourth-order valence-corrected chi connectivity index (χ4v) is 6.04. The molecule has 0 unspecified atom stereocenters. The van der Waals surface area contributed by atoms with Crippen molar-refractivity contribution in [2.45, 2.75) is 43.5 Å². The van der Waals surface area contributed by atoms with Crippen LogP contribution in [0.15, 0.2) is 46.6 Å². The monoisotopic (exact) mass is 492 g/mol. The quantitative estimate of drug-likeness (QED) is 0.259. The number of nitrogens with zero attached hydrogens (tertiary/aromatic N) is 2. The molecule has 1 fully saturated rings. The summed E-state index contributed by atoms with van der Waals surface area (Å²) in [6.07, 6.45) is 1.81. The average Bonchev–Trinajstić information content (AvgIpc) is 2.77. The van der Waals surface area contributed by atoms with Gasteiger partial charge < -0.3 is 14.2 Å². The van der Waals surface area contributed by atoms with Crippen LogP contribution in [0.25, 0.3) is 0 Å². The fraction of sp³-hybridized carbons (Fsp3) is 0.478. The number of methoxy groups -OCH3 is 1. The molecule has 1 aromatic carbocycles. The molecule has 0 N–H and O–H groups in total. The van der Waals surface area contributed by atoms with Gasteiger partial charge in [0.05, 0.1) is 7.11 Å². The summed E-state index contributed by atoms with van der Waals surface area (Å²) in [5, 5.41) is -0.447. The van der Waals surface area contributed by atoms with Crippen LogP contribution in [0.3, 0.4) is 0 Å². The minimum Gasteiger partial charge on any atom is -0.481 e. The maximum atomic E-state index is 13.6. The standard InChI is InChI=1S/C23H28N2O6S2/c1-14(26)30-12-16-13-33-21-23(32-6,24-18(29-5)15-10-8-7-9-11-15)20(28)25(21)17(16)19(27)31-22(2,3)4/h7-11,21H,12-13H2,1-6H3/t21-,23+/m1/s1. The summed E-state index contributed by atoms with van der Waals surface area (Å²) < 4.78 is 16.2. The second-order valence-corrected chi connectivity index (χ2v) is 10.6. The second kappa shape index (κ2) is 9.80. The van der Waals surface area contributed by atoms with Crippen molar-refractivity contribution < 1.29 is 28.6 Å². The largest absolute Gasteiger partial charge is 0.481 e. The normalized spacial score (nSPS) is 23.0. The smallest absolute Gasteiger partial charge is 0.355 e. The van der Waals surface area contributed by atoms with Crippen molar-refractivity contribution >= 4 is 47.3 Å². The Morgan fingerprint density at radius 3 is 2.48 bits per heavy atom. The molecule has 2 aliphatic heterocycles. The minimum absolute atomic E-state index is 0.0870. The van der Waals surface area contributed by atoms with E-state index in [9.17, 15) is 14.4 Å². The first-order valence-corrected chi connectivity index (χ1v) is 12.6. The Balaban J connectivity index is 2.01. The van der Waals surface area contributed by atoms with Gasteiger partial charge >= 0.3 is 11.9 Å². The lowest BCUT2D eigenvalue weighted by molar-refractivity contribution is -0.159. The SMILES string of the molecule is COC(=N[C@]1(SC)C(=O)N2C(C(=O)OC(C)(C)C)=C(COC(C)=O)CS[C@@H]21)c1ccccc1. The molecule has 0 aromatic heterocycles. The van der Waals surface area contributed by atoms with E-state index in [1.807, 2.05) is 36.6 Å². The number of aliphatic imine (C=N–C) groups is 1. The van der Waals surface area contributed by atoms with Gasteiger partial charge in [0.2, 0.25) is 10.8 Å². The molecule has 1 amide bonds. The third-order valence-corrected chi connectivity index (χ3v) is 7.56. The van der Waals surface area contributed by atoms with Crippen LogP contribution in [0.2, 0.25) is 0 Å². The predicted molar refractivity (Wildman–Crippen MR) is 129 cm³/mol. The van der Waals surface area contributed by atoms with Crippen molar-refractivity contribution in [2.75, 3.05) is 25.7 Å². The van der Waals surface area contributed by atoms with Gasteiger partial charge in [-0.05, 0) is 39.2 Å². The summed E-state index contributed by atoms with van der Waals surface area (Å²) in [7, 11) is 1.51. The maximum absolute atomic E-state index is 13.6. The van der Waals surface area contributed by atoms with Crippen molar-refractivity contribution in [3.05, 3.63) is 47.2 Å². The van der Waals surface area contributed by atoms with Crippen LogP contribution in [0.1, 0.15) is 33.3 Å². The maximum Gasteiger partial charge on any atom is 0.355 e. The molecular formula is C23H28N2O6S2. The first-order chi connectivity index (χ1) is 15.5. The van der Waals surface area contributed by atoms with E-state index in [1.54, 1.807) is 20.8 Å². The summed E-state index contributed by atoms with van der Waals surface area (Å²) >= 11 is 2.76. The lowest BCUT2D eigenvalue weighted by Gasteiger charge is -2.54. The van der Waals surface area contributed by atoms with Crippen LogP contribution >= 0.6 is 23.5 Å². The van der Waals surface area contributed by atoms with Gasteiger partial charge in [0.25, 0.3) is 5.91 Å². The van der Waals surface area contributed by atoms with Crippen LogP contribution in [-0.4, -0.2) is 70.2 Å². The van der Waals surface area contributed by atoms with E-state index >= 15 is 0 Å². The molecule has 2 atom stereocenters. The summed E-state index contributed by atoms with van der Waals surface area (Å²) in [6, 6.07) is 9.33. The Labute approximate surface area is 202 Å². The Morgan fingerprint density at radius 1 is 1.27 bits per heavy atom. The molecule has 8 nitrogen and oxygen atoms in total. The molecule has 2 aliphatic rings. The van der Waals surface area contributed by atoms with Crippen molar-refractivity contribution in [1.29, 1.82) is 0 Å². The number of carbonyl (C=O) groups is 3. The number of benzene rings is 1. The zero-order valence-electron chi connectivity index (χ0n) is 19.5. The fourth-order valence-electron chi connectivity index (χ4n) is 3.48. The van der Waals surface area contributed by atoms with Crippen molar-refractivity contribution in [1.82, 2.24) is 4.90 Å². The highest BCUT2D eigenvalue weighted by Crippen LogP contribution is 2.53. The molecule has 0 saturated carbocycles. The number of thioether (sulfide) groups is 2. The molecule has 1 aromatic rings. The van der Waals surface area contributed by atoms with E-state index in [-0.39, 0.29) is 18.2 Å². The molecule has 0 radical (unpaired) electrons. The highest BCUT2D eigenvalue weighted by atomic mass is 32.2. The minimum atomic E-state index is -1.16. The molecule has 1 saturated heterocycles. The Hall–Kier alpha value is -2.46. The first kappa shape index (κ1) is 25.2. The van der Waals surface area contributed by atoms with Crippen LogP contribution in [0.4, 0.5) is 0 Å². The number of rotatable bonds is 6. The number of ether oxygens (including phenoxy) is 3. The number of hydrogen-bond acceptors (Lipinski definition) is 9. The van der Waals surface area contributed by atoms with Crippen molar-refractivity contribution in [2.24, 2.45) is 4.99 Å². The summed E-state index contributed by atoms with van der Waals surface area (Å²) in [5.74, 6) is -0.714. The van der Waals surface area contributed by atoms with E-state index in [2.05, 4.69) is 0 Å². The third-order valence-electron chi connectivity index (χ3n) is 4.92. The first-order valence-electron chi connectivity index (χ1n) is 10.3. The number of hydrogen-bond donors (Lipinski definition) is 0. The van der Waals surface area contributed by atoms with E-state index in [4.69, 9.17) is 19.2 Å². The van der Waals surface area contributed by atoms with Gasteiger partial charge in [-0.15, -0.1) is 23.5 Å². The Bertz CT molecular complexity index is 1000. The van der Waals surface area contributed by atoms with Crippen LogP contribution in [0.5, 0.6) is 0 Å². The number of β-lactam (4-membered cyclic amide) rings is 1. The number of esters is 2. The van der Waals surface area contributed by atoms with E-state index in [0.717, 1.165) is 5.56 Å². The zero-order valence-corrected chi connectivity index (χ0v) is 21.2. The molecule has 178 valence electrons.